The van der Waals surface area contributed by atoms with E-state index in [0.29, 0.717) is 0 Å². The van der Waals surface area contributed by atoms with Gasteiger partial charge in [-0.2, -0.15) is 0 Å². The minimum atomic E-state index is 0.105. The van der Waals surface area contributed by atoms with Crippen molar-refractivity contribution in [1.82, 2.24) is 4.90 Å². The number of likely N-dealkylation sites (tertiary alicyclic amines) is 1. The molecule has 1 aromatic rings. The Hall–Kier alpha value is -0.380. The second-order valence-corrected chi connectivity index (χ2v) is 6.98. The number of rotatable bonds is 4. The predicted molar refractivity (Wildman–Crippen MR) is 80.1 cm³/mol. The number of nitrogens with two attached hydrogens (primary N) is 1. The summed E-state index contributed by atoms with van der Waals surface area (Å²) in [5.41, 5.74) is 6.60. The normalized spacial score (nSPS) is 20.6. The molecule has 102 valence electrons. The van der Waals surface area contributed by atoms with Crippen molar-refractivity contribution in [2.75, 3.05) is 13.1 Å². The van der Waals surface area contributed by atoms with Crippen LogP contribution in [0.25, 0.3) is 0 Å². The van der Waals surface area contributed by atoms with Crippen LogP contribution in [-0.4, -0.2) is 29.6 Å². The van der Waals surface area contributed by atoms with Gasteiger partial charge in [0.25, 0.3) is 0 Å². The smallest absolute Gasteiger partial charge is 0.0307 e. The van der Waals surface area contributed by atoms with E-state index in [2.05, 4.69) is 36.3 Å². The van der Waals surface area contributed by atoms with E-state index < -0.39 is 0 Å². The lowest BCUT2D eigenvalue weighted by molar-refractivity contribution is 0.0982. The van der Waals surface area contributed by atoms with E-state index in [9.17, 15) is 0 Å². The van der Waals surface area contributed by atoms with E-state index in [1.807, 2.05) is 11.3 Å². The maximum atomic E-state index is 6.49. The predicted octanol–water partition coefficient (Wildman–Crippen LogP) is 3.27. The molecule has 1 atom stereocenters. The van der Waals surface area contributed by atoms with Crippen molar-refractivity contribution in [3.8, 4) is 0 Å². The third kappa shape index (κ3) is 3.34. The summed E-state index contributed by atoms with van der Waals surface area (Å²) in [6.45, 7) is 7.06. The van der Waals surface area contributed by atoms with Crippen LogP contribution in [-0.2, 0) is 6.42 Å². The molecule has 1 aliphatic heterocycles. The van der Waals surface area contributed by atoms with E-state index in [4.69, 9.17) is 5.73 Å². The van der Waals surface area contributed by atoms with Crippen LogP contribution in [0.5, 0.6) is 0 Å². The molecule has 0 aromatic carbocycles. The summed E-state index contributed by atoms with van der Waals surface area (Å²) >= 11 is 1.82. The first-order valence-electron chi connectivity index (χ1n) is 7.14. The summed E-state index contributed by atoms with van der Waals surface area (Å²) in [6, 6.07) is 4.53. The molecule has 1 unspecified atom stereocenters. The molecule has 3 heteroatoms. The Morgan fingerprint density at radius 3 is 2.50 bits per heavy atom. The number of thiophene rings is 1. The Morgan fingerprint density at radius 1 is 1.28 bits per heavy atom. The average Bonchev–Trinajstić information content (AvgIpc) is 2.68. The molecule has 0 spiro atoms. The van der Waals surface area contributed by atoms with Gasteiger partial charge in [-0.1, -0.05) is 18.9 Å². The highest BCUT2D eigenvalue weighted by Crippen LogP contribution is 2.25. The summed E-state index contributed by atoms with van der Waals surface area (Å²) in [5, 5.41) is 2.14. The Morgan fingerprint density at radius 2 is 1.94 bits per heavy atom. The molecule has 2 heterocycles. The van der Waals surface area contributed by atoms with Crippen molar-refractivity contribution in [1.29, 1.82) is 0 Å². The second-order valence-electron chi connectivity index (χ2n) is 5.94. The molecule has 0 aliphatic carbocycles. The van der Waals surface area contributed by atoms with Gasteiger partial charge in [0.2, 0.25) is 0 Å². The van der Waals surface area contributed by atoms with Crippen LogP contribution in [0.1, 0.15) is 44.4 Å². The zero-order chi connectivity index (χ0) is 13.0. The summed E-state index contributed by atoms with van der Waals surface area (Å²) in [5.74, 6) is 0. The largest absolute Gasteiger partial charge is 0.326 e. The summed E-state index contributed by atoms with van der Waals surface area (Å²) < 4.78 is 0. The number of hydrogen-bond donors (Lipinski definition) is 1. The lowest BCUT2D eigenvalue weighted by Crippen LogP contribution is -2.57. The lowest BCUT2D eigenvalue weighted by atomic mass is 9.90. The average molecular weight is 266 g/mol. The minimum absolute atomic E-state index is 0.105. The molecule has 0 amide bonds. The van der Waals surface area contributed by atoms with Crippen LogP contribution >= 0.6 is 11.3 Å². The van der Waals surface area contributed by atoms with Crippen molar-refractivity contribution in [3.05, 3.63) is 22.4 Å². The Labute approximate surface area is 115 Å². The summed E-state index contributed by atoms with van der Waals surface area (Å²) in [6.07, 6.45) is 6.42. The monoisotopic (exact) mass is 266 g/mol. The first-order chi connectivity index (χ1) is 8.60. The molecule has 0 radical (unpaired) electrons. The van der Waals surface area contributed by atoms with E-state index in [-0.39, 0.29) is 11.6 Å². The Bertz CT molecular complexity index is 337. The topological polar surface area (TPSA) is 29.3 Å². The molecule has 0 saturated carbocycles. The molecule has 2 N–H and O–H groups in total. The highest BCUT2D eigenvalue weighted by Gasteiger charge is 2.33. The van der Waals surface area contributed by atoms with Crippen LogP contribution in [0.4, 0.5) is 0 Å². The van der Waals surface area contributed by atoms with E-state index in [1.165, 1.54) is 43.6 Å². The fourth-order valence-electron chi connectivity index (χ4n) is 2.78. The van der Waals surface area contributed by atoms with Crippen LogP contribution in [0.2, 0.25) is 0 Å². The summed E-state index contributed by atoms with van der Waals surface area (Å²) in [4.78, 5) is 4.02. The SMILES string of the molecule is CC(C)(C(N)Cc1cccs1)N1CCCCCC1. The molecule has 1 aliphatic rings. The minimum Gasteiger partial charge on any atom is -0.326 e. The van der Waals surface area contributed by atoms with Crippen molar-refractivity contribution >= 4 is 11.3 Å². The van der Waals surface area contributed by atoms with Gasteiger partial charge in [-0.05, 0) is 57.6 Å². The molecular weight excluding hydrogens is 240 g/mol. The van der Waals surface area contributed by atoms with Crippen molar-refractivity contribution in [2.45, 2.75) is 57.5 Å². The maximum Gasteiger partial charge on any atom is 0.0307 e. The highest BCUT2D eigenvalue weighted by molar-refractivity contribution is 7.09. The third-order valence-electron chi connectivity index (χ3n) is 4.33. The molecule has 2 nitrogen and oxygen atoms in total. The van der Waals surface area contributed by atoms with Crippen molar-refractivity contribution in [3.63, 3.8) is 0 Å². The lowest BCUT2D eigenvalue weighted by Gasteiger charge is -2.42. The first kappa shape index (κ1) is 14.0. The van der Waals surface area contributed by atoms with E-state index in [1.54, 1.807) is 0 Å². The fourth-order valence-corrected chi connectivity index (χ4v) is 3.54. The molecular formula is C15H26N2S. The molecule has 0 bridgehead atoms. The van der Waals surface area contributed by atoms with Gasteiger partial charge in [0.1, 0.15) is 0 Å². The van der Waals surface area contributed by atoms with Crippen LogP contribution < -0.4 is 5.73 Å². The summed E-state index contributed by atoms with van der Waals surface area (Å²) in [7, 11) is 0. The second kappa shape index (κ2) is 6.18. The number of hydrogen-bond acceptors (Lipinski definition) is 3. The third-order valence-corrected chi connectivity index (χ3v) is 5.23. The zero-order valence-electron chi connectivity index (χ0n) is 11.7. The van der Waals surface area contributed by atoms with Gasteiger partial charge in [0.15, 0.2) is 0 Å². The van der Waals surface area contributed by atoms with Gasteiger partial charge in [0, 0.05) is 16.5 Å². The molecule has 1 saturated heterocycles. The van der Waals surface area contributed by atoms with Crippen LogP contribution in [0.15, 0.2) is 17.5 Å². The van der Waals surface area contributed by atoms with E-state index >= 15 is 0 Å². The first-order valence-corrected chi connectivity index (χ1v) is 8.01. The van der Waals surface area contributed by atoms with Crippen LogP contribution in [0.3, 0.4) is 0 Å². The van der Waals surface area contributed by atoms with Gasteiger partial charge in [0.05, 0.1) is 0 Å². The molecule has 1 fully saturated rings. The fraction of sp³-hybridized carbons (Fsp3) is 0.733. The van der Waals surface area contributed by atoms with Gasteiger partial charge in [-0.15, -0.1) is 11.3 Å². The van der Waals surface area contributed by atoms with Gasteiger partial charge < -0.3 is 5.73 Å². The molecule has 1 aromatic heterocycles. The van der Waals surface area contributed by atoms with Crippen LogP contribution in [0, 0.1) is 0 Å². The van der Waals surface area contributed by atoms with E-state index in [0.717, 1.165) is 6.42 Å². The van der Waals surface area contributed by atoms with Gasteiger partial charge >= 0.3 is 0 Å². The standard InChI is InChI=1S/C15H26N2S/c1-15(2,17-9-5-3-4-6-10-17)14(16)12-13-8-7-11-18-13/h7-8,11,14H,3-6,9-10,12,16H2,1-2H3. The maximum absolute atomic E-state index is 6.49. The molecule has 18 heavy (non-hydrogen) atoms. The quantitative estimate of drug-likeness (QED) is 0.906. The van der Waals surface area contributed by atoms with Gasteiger partial charge in [-0.3, -0.25) is 4.90 Å². The Kier molecular flexibility index (Phi) is 4.82. The zero-order valence-corrected chi connectivity index (χ0v) is 12.5. The Balaban J connectivity index is 1.99. The van der Waals surface area contributed by atoms with Crippen molar-refractivity contribution < 1.29 is 0 Å². The number of nitrogens with zero attached hydrogens (tertiary/aromatic N) is 1. The van der Waals surface area contributed by atoms with Gasteiger partial charge in [-0.25, -0.2) is 0 Å². The molecule has 2 rings (SSSR count). The van der Waals surface area contributed by atoms with Crippen molar-refractivity contribution in [2.24, 2.45) is 5.73 Å². The highest BCUT2D eigenvalue weighted by atomic mass is 32.1.